The van der Waals surface area contributed by atoms with Gasteiger partial charge in [0.05, 0.1) is 12.2 Å². The number of hydrogen-bond donors (Lipinski definition) is 2. The van der Waals surface area contributed by atoms with Crippen LogP contribution in [0.15, 0.2) is 48.5 Å². The van der Waals surface area contributed by atoms with Crippen molar-refractivity contribution >= 4 is 23.1 Å². The lowest BCUT2D eigenvalue weighted by Gasteiger charge is -2.07. The predicted octanol–water partition coefficient (Wildman–Crippen LogP) is 4.17. The molecule has 0 fully saturated rings. The third-order valence-corrected chi connectivity index (χ3v) is 5.16. The molecule has 0 atom stereocenters. The highest BCUT2D eigenvalue weighted by Crippen LogP contribution is 2.34. The molecular weight excluding hydrogens is 350 g/mol. The Morgan fingerprint density at radius 2 is 1.96 bits per heavy atom. The number of carbonyl (C=O) groups is 1. The molecule has 0 radical (unpaired) electrons. The standard InChI is InChI=1S/C19H17N3O3S/c1-12-17(26-18(21-12)13-5-3-2-4-6-13)10-20-19(23)22-14-7-8-15-16(9-14)25-11-24-15/h2-9H,10-11H2,1H3,(H2,20,22,23). The van der Waals surface area contributed by atoms with Gasteiger partial charge in [0.2, 0.25) is 6.79 Å². The summed E-state index contributed by atoms with van der Waals surface area (Å²) in [6, 6.07) is 15.0. The SMILES string of the molecule is Cc1nc(-c2ccccc2)sc1CNC(=O)Nc1ccc2c(c1)OCO2. The molecule has 0 aliphatic carbocycles. The van der Waals surface area contributed by atoms with E-state index in [1.807, 2.05) is 37.3 Å². The Bertz CT molecular complexity index is 940. The number of rotatable bonds is 4. The van der Waals surface area contributed by atoms with Crippen LogP contribution in [0.25, 0.3) is 10.6 Å². The summed E-state index contributed by atoms with van der Waals surface area (Å²) in [6.45, 7) is 2.59. The van der Waals surface area contributed by atoms with Gasteiger partial charge in [-0.3, -0.25) is 0 Å². The number of fused-ring (bicyclic) bond motifs is 1. The highest BCUT2D eigenvalue weighted by atomic mass is 32.1. The molecule has 0 saturated heterocycles. The largest absolute Gasteiger partial charge is 0.454 e. The van der Waals surface area contributed by atoms with Crippen LogP contribution in [0.1, 0.15) is 10.6 Å². The third kappa shape index (κ3) is 3.48. The second kappa shape index (κ2) is 7.05. The average Bonchev–Trinajstić information content (AvgIpc) is 3.27. The molecule has 1 aliphatic rings. The number of anilines is 1. The van der Waals surface area contributed by atoms with E-state index in [9.17, 15) is 4.79 Å². The minimum absolute atomic E-state index is 0.208. The van der Waals surface area contributed by atoms with Crippen LogP contribution in [0.5, 0.6) is 11.5 Å². The van der Waals surface area contributed by atoms with Crippen LogP contribution >= 0.6 is 11.3 Å². The van der Waals surface area contributed by atoms with Crippen molar-refractivity contribution in [2.75, 3.05) is 12.1 Å². The van der Waals surface area contributed by atoms with Gasteiger partial charge in [-0.15, -0.1) is 11.3 Å². The second-order valence-electron chi connectivity index (χ2n) is 5.77. The van der Waals surface area contributed by atoms with Gasteiger partial charge in [-0.25, -0.2) is 9.78 Å². The smallest absolute Gasteiger partial charge is 0.319 e. The van der Waals surface area contributed by atoms with Gasteiger partial charge in [-0.05, 0) is 19.1 Å². The molecule has 0 saturated carbocycles. The van der Waals surface area contributed by atoms with Gasteiger partial charge in [-0.1, -0.05) is 30.3 Å². The van der Waals surface area contributed by atoms with Crippen molar-refractivity contribution in [2.45, 2.75) is 13.5 Å². The maximum absolute atomic E-state index is 12.2. The van der Waals surface area contributed by atoms with Crippen LogP contribution in [-0.2, 0) is 6.54 Å². The Kier molecular flexibility index (Phi) is 4.45. The topological polar surface area (TPSA) is 72.5 Å². The van der Waals surface area contributed by atoms with Crippen molar-refractivity contribution in [2.24, 2.45) is 0 Å². The third-order valence-electron chi connectivity index (χ3n) is 3.95. The minimum atomic E-state index is -0.280. The van der Waals surface area contributed by atoms with Crippen molar-refractivity contribution in [1.82, 2.24) is 10.3 Å². The number of ether oxygens (including phenoxy) is 2. The molecule has 6 nitrogen and oxygen atoms in total. The van der Waals surface area contributed by atoms with E-state index in [1.165, 1.54) is 0 Å². The lowest BCUT2D eigenvalue weighted by atomic mass is 10.2. The Labute approximate surface area is 154 Å². The number of nitrogens with zero attached hydrogens (tertiary/aromatic N) is 1. The molecule has 4 rings (SSSR count). The van der Waals surface area contributed by atoms with Gasteiger partial charge < -0.3 is 20.1 Å². The molecule has 132 valence electrons. The molecule has 0 bridgehead atoms. The number of aromatic nitrogens is 1. The lowest BCUT2D eigenvalue weighted by Crippen LogP contribution is -2.28. The number of benzene rings is 2. The lowest BCUT2D eigenvalue weighted by molar-refractivity contribution is 0.174. The van der Waals surface area contributed by atoms with Crippen LogP contribution in [0.3, 0.4) is 0 Å². The van der Waals surface area contributed by atoms with Gasteiger partial charge in [0, 0.05) is 22.2 Å². The molecule has 26 heavy (non-hydrogen) atoms. The number of urea groups is 1. The number of thiazole rings is 1. The normalized spacial score (nSPS) is 12.0. The van der Waals surface area contributed by atoms with Crippen LogP contribution in [0.2, 0.25) is 0 Å². The zero-order valence-corrected chi connectivity index (χ0v) is 14.9. The quantitative estimate of drug-likeness (QED) is 0.726. The molecule has 7 heteroatoms. The highest BCUT2D eigenvalue weighted by molar-refractivity contribution is 7.15. The van der Waals surface area contributed by atoms with Gasteiger partial charge in [-0.2, -0.15) is 0 Å². The summed E-state index contributed by atoms with van der Waals surface area (Å²) in [5, 5.41) is 6.62. The van der Waals surface area contributed by atoms with E-state index in [0.29, 0.717) is 23.7 Å². The first-order valence-electron chi connectivity index (χ1n) is 8.15. The fourth-order valence-electron chi connectivity index (χ4n) is 2.61. The van der Waals surface area contributed by atoms with Crippen molar-refractivity contribution in [3.63, 3.8) is 0 Å². The van der Waals surface area contributed by atoms with Gasteiger partial charge in [0.15, 0.2) is 11.5 Å². The number of hydrogen-bond acceptors (Lipinski definition) is 5. The van der Waals surface area contributed by atoms with Crippen LogP contribution in [-0.4, -0.2) is 17.8 Å². The maximum atomic E-state index is 12.2. The first-order valence-corrected chi connectivity index (χ1v) is 8.97. The molecule has 3 aromatic rings. The number of carbonyl (C=O) groups excluding carboxylic acids is 1. The van der Waals surface area contributed by atoms with Crippen LogP contribution in [0.4, 0.5) is 10.5 Å². The zero-order valence-electron chi connectivity index (χ0n) is 14.1. The molecule has 2 heterocycles. The highest BCUT2D eigenvalue weighted by Gasteiger charge is 2.14. The summed E-state index contributed by atoms with van der Waals surface area (Å²) in [7, 11) is 0. The van der Waals surface area contributed by atoms with Crippen molar-refractivity contribution < 1.29 is 14.3 Å². The van der Waals surface area contributed by atoms with E-state index in [2.05, 4.69) is 15.6 Å². The second-order valence-corrected chi connectivity index (χ2v) is 6.85. The summed E-state index contributed by atoms with van der Waals surface area (Å²) < 4.78 is 10.6. The summed E-state index contributed by atoms with van der Waals surface area (Å²) >= 11 is 1.59. The molecule has 1 aliphatic heterocycles. The molecule has 2 aromatic carbocycles. The van der Waals surface area contributed by atoms with Crippen molar-refractivity contribution in [3.8, 4) is 22.1 Å². The van der Waals surface area contributed by atoms with E-state index < -0.39 is 0 Å². The fourth-order valence-corrected chi connectivity index (χ4v) is 3.61. The molecule has 2 N–H and O–H groups in total. The van der Waals surface area contributed by atoms with E-state index in [0.717, 1.165) is 21.1 Å². The minimum Gasteiger partial charge on any atom is -0.454 e. The van der Waals surface area contributed by atoms with Crippen molar-refractivity contribution in [3.05, 3.63) is 59.1 Å². The summed E-state index contributed by atoms with van der Waals surface area (Å²) in [4.78, 5) is 17.8. The first-order chi connectivity index (χ1) is 12.7. The molecule has 0 unspecified atom stereocenters. The monoisotopic (exact) mass is 367 g/mol. The molecule has 0 spiro atoms. The Balaban J connectivity index is 1.38. The van der Waals surface area contributed by atoms with E-state index in [4.69, 9.17) is 9.47 Å². The number of aryl methyl sites for hydroxylation is 1. The number of amides is 2. The Morgan fingerprint density at radius 1 is 1.15 bits per heavy atom. The summed E-state index contributed by atoms with van der Waals surface area (Å²) in [6.07, 6.45) is 0. The predicted molar refractivity (Wildman–Crippen MR) is 101 cm³/mol. The van der Waals surface area contributed by atoms with E-state index >= 15 is 0 Å². The van der Waals surface area contributed by atoms with Crippen LogP contribution in [0, 0.1) is 6.92 Å². The fraction of sp³-hybridized carbons (Fsp3) is 0.158. The molecule has 1 aromatic heterocycles. The van der Waals surface area contributed by atoms with Gasteiger partial charge in [0.1, 0.15) is 5.01 Å². The summed E-state index contributed by atoms with van der Waals surface area (Å²) in [5.74, 6) is 1.32. The van der Waals surface area contributed by atoms with E-state index in [1.54, 1.807) is 29.5 Å². The molecule has 2 amide bonds. The van der Waals surface area contributed by atoms with Crippen molar-refractivity contribution in [1.29, 1.82) is 0 Å². The number of nitrogens with one attached hydrogen (secondary N) is 2. The zero-order chi connectivity index (χ0) is 17.9. The maximum Gasteiger partial charge on any atom is 0.319 e. The van der Waals surface area contributed by atoms with Crippen LogP contribution < -0.4 is 20.1 Å². The van der Waals surface area contributed by atoms with Gasteiger partial charge in [0.25, 0.3) is 0 Å². The average molecular weight is 367 g/mol. The van der Waals surface area contributed by atoms with E-state index in [-0.39, 0.29) is 12.8 Å². The Morgan fingerprint density at radius 3 is 2.81 bits per heavy atom. The summed E-state index contributed by atoms with van der Waals surface area (Å²) in [5.41, 5.74) is 2.66. The van der Waals surface area contributed by atoms with Gasteiger partial charge >= 0.3 is 6.03 Å². The Hall–Kier alpha value is -3.06. The first kappa shape index (κ1) is 16.4. The molecular formula is C19H17N3O3S.